The van der Waals surface area contributed by atoms with Gasteiger partial charge in [-0.3, -0.25) is 9.59 Å². The number of benzene rings is 2. The average Bonchev–Trinajstić information content (AvgIpc) is 3.15. The molecule has 0 saturated carbocycles. The first-order chi connectivity index (χ1) is 14.5. The zero-order valence-corrected chi connectivity index (χ0v) is 16.9. The van der Waals surface area contributed by atoms with E-state index in [1.807, 2.05) is 30.3 Å². The van der Waals surface area contributed by atoms with Crippen LogP contribution in [0, 0.1) is 5.92 Å². The van der Waals surface area contributed by atoms with Crippen LogP contribution in [0.1, 0.15) is 25.0 Å². The molecular weight excluding hydrogens is 378 g/mol. The molecule has 152 valence electrons. The van der Waals surface area contributed by atoms with Gasteiger partial charge in [0.05, 0.1) is 30.3 Å². The van der Waals surface area contributed by atoms with Gasteiger partial charge in [-0.15, -0.1) is 0 Å². The summed E-state index contributed by atoms with van der Waals surface area (Å²) in [5.41, 5.74) is 3.65. The minimum atomic E-state index is -0.256. The number of amides is 1. The van der Waals surface area contributed by atoms with Gasteiger partial charge in [0.1, 0.15) is 5.39 Å². The first kappa shape index (κ1) is 19.6. The third-order valence-electron chi connectivity index (χ3n) is 4.81. The molecule has 2 aromatic carbocycles. The van der Waals surface area contributed by atoms with E-state index in [-0.39, 0.29) is 17.9 Å². The number of H-pyrrole nitrogens is 1. The first-order valence-corrected chi connectivity index (χ1v) is 9.90. The summed E-state index contributed by atoms with van der Waals surface area (Å²) in [4.78, 5) is 31.4. The maximum Gasteiger partial charge on any atom is 0.261 e. The maximum atomic E-state index is 12.7. The normalized spacial score (nSPS) is 11.2. The number of para-hydroxylation sites is 2. The van der Waals surface area contributed by atoms with Crippen LogP contribution >= 0.6 is 0 Å². The van der Waals surface area contributed by atoms with E-state index in [0.29, 0.717) is 28.3 Å². The topological polar surface area (TPSA) is 92.7 Å². The summed E-state index contributed by atoms with van der Waals surface area (Å²) in [7, 11) is 0. The molecule has 2 N–H and O–H groups in total. The largest absolute Gasteiger partial charge is 0.324 e. The third kappa shape index (κ3) is 4.15. The van der Waals surface area contributed by atoms with Crippen LogP contribution in [-0.2, 0) is 17.6 Å². The first-order valence-electron chi connectivity index (χ1n) is 9.90. The van der Waals surface area contributed by atoms with Crippen molar-refractivity contribution >= 4 is 22.6 Å². The van der Waals surface area contributed by atoms with Crippen molar-refractivity contribution in [1.82, 2.24) is 19.7 Å². The highest BCUT2D eigenvalue weighted by molar-refractivity contribution is 5.94. The van der Waals surface area contributed by atoms with Gasteiger partial charge in [-0.2, -0.15) is 5.10 Å². The lowest BCUT2D eigenvalue weighted by Gasteiger charge is -2.12. The highest BCUT2D eigenvalue weighted by Gasteiger charge is 2.14. The predicted octanol–water partition coefficient (Wildman–Crippen LogP) is 3.49. The lowest BCUT2D eigenvalue weighted by atomic mass is 10.0. The van der Waals surface area contributed by atoms with Crippen LogP contribution < -0.4 is 10.9 Å². The van der Waals surface area contributed by atoms with Crippen LogP contribution in [0.5, 0.6) is 0 Å². The van der Waals surface area contributed by atoms with E-state index in [9.17, 15) is 9.59 Å². The van der Waals surface area contributed by atoms with Crippen molar-refractivity contribution in [1.29, 1.82) is 0 Å². The Hall–Kier alpha value is -3.74. The number of rotatable bonds is 6. The lowest BCUT2D eigenvalue weighted by molar-refractivity contribution is -0.115. The van der Waals surface area contributed by atoms with E-state index in [2.05, 4.69) is 46.4 Å². The molecule has 2 heterocycles. The van der Waals surface area contributed by atoms with Crippen molar-refractivity contribution < 1.29 is 4.79 Å². The van der Waals surface area contributed by atoms with Crippen LogP contribution in [0.4, 0.5) is 5.69 Å². The zero-order chi connectivity index (χ0) is 21.1. The molecule has 1 amide bonds. The van der Waals surface area contributed by atoms with E-state index >= 15 is 0 Å². The van der Waals surface area contributed by atoms with E-state index in [4.69, 9.17) is 0 Å². The van der Waals surface area contributed by atoms with E-state index < -0.39 is 0 Å². The van der Waals surface area contributed by atoms with Gasteiger partial charge in [0.15, 0.2) is 5.65 Å². The van der Waals surface area contributed by atoms with Crippen LogP contribution in [0.2, 0.25) is 0 Å². The molecule has 0 bridgehead atoms. The molecule has 7 nitrogen and oxygen atoms in total. The second-order valence-electron chi connectivity index (χ2n) is 7.68. The number of nitrogens with zero attached hydrogens (tertiary/aromatic N) is 3. The Morgan fingerprint density at radius 2 is 1.83 bits per heavy atom. The Bertz CT molecular complexity index is 1240. The molecule has 0 aliphatic heterocycles. The minimum Gasteiger partial charge on any atom is -0.324 e. The highest BCUT2D eigenvalue weighted by Crippen LogP contribution is 2.22. The molecule has 0 unspecified atom stereocenters. The van der Waals surface area contributed by atoms with Gasteiger partial charge in [-0.1, -0.05) is 50.2 Å². The number of carbonyl (C=O) groups is 1. The van der Waals surface area contributed by atoms with E-state index in [1.54, 1.807) is 10.7 Å². The molecule has 0 fully saturated rings. The lowest BCUT2D eigenvalue weighted by Crippen LogP contribution is -2.16. The van der Waals surface area contributed by atoms with Crippen molar-refractivity contribution in [3.63, 3.8) is 0 Å². The third-order valence-corrected chi connectivity index (χ3v) is 4.81. The van der Waals surface area contributed by atoms with Gasteiger partial charge >= 0.3 is 0 Å². The summed E-state index contributed by atoms with van der Waals surface area (Å²) < 4.78 is 1.56. The molecule has 0 aliphatic rings. The van der Waals surface area contributed by atoms with Crippen molar-refractivity contribution in [2.75, 3.05) is 5.32 Å². The number of hydrogen-bond donors (Lipinski definition) is 2. The molecule has 4 rings (SSSR count). The van der Waals surface area contributed by atoms with Crippen LogP contribution in [0.3, 0.4) is 0 Å². The summed E-state index contributed by atoms with van der Waals surface area (Å²) in [5, 5.41) is 7.64. The molecule has 0 saturated heterocycles. The number of carbonyl (C=O) groups excluding carboxylic acids is 1. The Morgan fingerprint density at radius 3 is 2.60 bits per heavy atom. The van der Waals surface area contributed by atoms with Gasteiger partial charge < -0.3 is 10.3 Å². The van der Waals surface area contributed by atoms with E-state index in [1.165, 1.54) is 18.1 Å². The Labute approximate surface area is 173 Å². The van der Waals surface area contributed by atoms with Crippen molar-refractivity contribution in [2.24, 2.45) is 5.92 Å². The zero-order valence-electron chi connectivity index (χ0n) is 16.9. The fraction of sp³-hybridized carbons (Fsp3) is 0.217. The molecule has 4 aromatic rings. The molecule has 0 spiro atoms. The average molecular weight is 401 g/mol. The number of aromatic amines is 1. The second-order valence-corrected chi connectivity index (χ2v) is 7.68. The minimum absolute atomic E-state index is 0.124. The Balaban J connectivity index is 1.55. The van der Waals surface area contributed by atoms with E-state index in [0.717, 1.165) is 12.0 Å². The molecule has 7 heteroatoms. The van der Waals surface area contributed by atoms with Crippen molar-refractivity contribution in [2.45, 2.75) is 26.7 Å². The van der Waals surface area contributed by atoms with Gasteiger partial charge in [0.25, 0.3) is 5.56 Å². The number of fused-ring (bicyclic) bond motifs is 1. The molecule has 30 heavy (non-hydrogen) atoms. The van der Waals surface area contributed by atoms with Gasteiger partial charge in [0, 0.05) is 0 Å². The predicted molar refractivity (Wildman–Crippen MR) is 117 cm³/mol. The smallest absolute Gasteiger partial charge is 0.261 e. The van der Waals surface area contributed by atoms with Crippen LogP contribution in [0.15, 0.2) is 65.8 Å². The summed E-state index contributed by atoms with van der Waals surface area (Å²) >= 11 is 0. The standard InChI is InChI=1S/C23H23N5O2/c1-15(2)11-16-7-9-17(10-8-16)12-21(29)27-19-5-3-4-6-20(19)28-22-18(13-26-28)23(30)25-14-24-22/h3-10,13-15H,11-12H2,1-2H3,(H,27,29)(H,24,25,30). The van der Waals surface area contributed by atoms with Crippen molar-refractivity contribution in [3.05, 3.63) is 82.5 Å². The summed E-state index contributed by atoms with van der Waals surface area (Å²) in [5.74, 6) is 0.473. The van der Waals surface area contributed by atoms with Gasteiger partial charge in [-0.05, 0) is 35.6 Å². The van der Waals surface area contributed by atoms with Crippen LogP contribution in [-0.4, -0.2) is 25.7 Å². The Morgan fingerprint density at radius 1 is 1.10 bits per heavy atom. The van der Waals surface area contributed by atoms with Gasteiger partial charge in [-0.25, -0.2) is 9.67 Å². The number of aromatic nitrogens is 4. The maximum absolute atomic E-state index is 12.7. The quantitative estimate of drug-likeness (QED) is 0.517. The highest BCUT2D eigenvalue weighted by atomic mass is 16.1. The summed E-state index contributed by atoms with van der Waals surface area (Å²) in [6.07, 6.45) is 4.11. The molecule has 0 aliphatic carbocycles. The van der Waals surface area contributed by atoms with Crippen LogP contribution in [0.25, 0.3) is 16.7 Å². The SMILES string of the molecule is CC(C)Cc1ccc(CC(=O)Nc2ccccc2-n2ncc3c(=O)[nH]cnc32)cc1. The summed E-state index contributed by atoms with van der Waals surface area (Å²) in [6, 6.07) is 15.5. The fourth-order valence-corrected chi connectivity index (χ4v) is 3.44. The number of hydrogen-bond acceptors (Lipinski definition) is 4. The summed E-state index contributed by atoms with van der Waals surface area (Å²) in [6.45, 7) is 4.38. The number of anilines is 1. The fourth-order valence-electron chi connectivity index (χ4n) is 3.44. The molecule has 0 atom stereocenters. The monoisotopic (exact) mass is 401 g/mol. The molecular formula is C23H23N5O2. The Kier molecular flexibility index (Phi) is 5.43. The second kappa shape index (κ2) is 8.32. The molecule has 0 radical (unpaired) electrons. The van der Waals surface area contributed by atoms with Crippen molar-refractivity contribution in [3.8, 4) is 5.69 Å². The van der Waals surface area contributed by atoms with Gasteiger partial charge in [0.2, 0.25) is 5.91 Å². The molecule has 2 aromatic heterocycles. The number of nitrogens with one attached hydrogen (secondary N) is 2.